The molecular formula is C7H5ClF3NO. The maximum atomic E-state index is 12.9. The molecule has 0 atom stereocenters. The Balaban J connectivity index is 3.32. The van der Waals surface area contributed by atoms with Gasteiger partial charge in [0.1, 0.15) is 0 Å². The Morgan fingerprint density at radius 3 is 2.62 bits per heavy atom. The molecule has 1 rings (SSSR count). The molecule has 0 saturated heterocycles. The molecule has 2 nitrogen and oxygen atoms in total. The van der Waals surface area contributed by atoms with E-state index in [2.05, 4.69) is 4.98 Å². The van der Waals surface area contributed by atoms with Gasteiger partial charge in [-0.15, -0.1) is 0 Å². The van der Waals surface area contributed by atoms with Crippen molar-refractivity contribution in [3.8, 4) is 0 Å². The van der Waals surface area contributed by atoms with Gasteiger partial charge in [0.25, 0.3) is 6.43 Å². The summed E-state index contributed by atoms with van der Waals surface area (Å²) in [5, 5.41) is 7.98. The second-order valence-corrected chi connectivity index (χ2v) is 2.62. The minimum atomic E-state index is -3.01. The molecule has 0 bridgehead atoms. The zero-order chi connectivity index (χ0) is 10.0. The average molecular weight is 212 g/mol. The van der Waals surface area contributed by atoms with Crippen molar-refractivity contribution in [2.45, 2.75) is 13.0 Å². The topological polar surface area (TPSA) is 33.1 Å². The van der Waals surface area contributed by atoms with Crippen molar-refractivity contribution in [3.63, 3.8) is 0 Å². The Hall–Kier alpha value is -0.810. The first kappa shape index (κ1) is 10.3. The van der Waals surface area contributed by atoms with E-state index in [1.807, 2.05) is 0 Å². The van der Waals surface area contributed by atoms with Crippen molar-refractivity contribution >= 4 is 11.6 Å². The van der Waals surface area contributed by atoms with Crippen molar-refractivity contribution in [2.75, 3.05) is 0 Å². The number of hydrogen-bond acceptors (Lipinski definition) is 2. The van der Waals surface area contributed by atoms with E-state index in [1.165, 1.54) is 0 Å². The molecule has 6 heteroatoms. The summed E-state index contributed by atoms with van der Waals surface area (Å²) in [5.41, 5.74) is -1.14. The summed E-state index contributed by atoms with van der Waals surface area (Å²) in [6.45, 7) is -0.694. The van der Waals surface area contributed by atoms with Crippen LogP contribution in [0.3, 0.4) is 0 Å². The Labute approximate surface area is 77.0 Å². The summed E-state index contributed by atoms with van der Waals surface area (Å²) >= 11 is 5.19. The molecule has 0 aliphatic heterocycles. The minimum Gasteiger partial charge on any atom is -0.392 e. The van der Waals surface area contributed by atoms with Gasteiger partial charge in [-0.05, 0) is 0 Å². The molecule has 0 spiro atoms. The van der Waals surface area contributed by atoms with Gasteiger partial charge in [0.15, 0.2) is 11.0 Å². The van der Waals surface area contributed by atoms with Gasteiger partial charge in [-0.2, -0.15) is 0 Å². The Morgan fingerprint density at radius 1 is 1.54 bits per heavy atom. The highest BCUT2D eigenvalue weighted by Gasteiger charge is 2.20. The summed E-state index contributed by atoms with van der Waals surface area (Å²) in [7, 11) is 0. The lowest BCUT2D eigenvalue weighted by Gasteiger charge is -2.07. The lowest BCUT2D eigenvalue weighted by molar-refractivity contribution is 0.141. The molecule has 1 N–H and O–H groups in total. The maximum Gasteiger partial charge on any atom is 0.267 e. The van der Waals surface area contributed by atoms with Gasteiger partial charge in [-0.25, -0.2) is 18.2 Å². The van der Waals surface area contributed by atoms with Crippen LogP contribution in [0.4, 0.5) is 13.2 Å². The number of halogens is 4. The Morgan fingerprint density at radius 2 is 2.15 bits per heavy atom. The summed E-state index contributed by atoms with van der Waals surface area (Å²) in [6.07, 6.45) is -2.09. The zero-order valence-corrected chi connectivity index (χ0v) is 7.02. The second kappa shape index (κ2) is 3.93. The van der Waals surface area contributed by atoms with Gasteiger partial charge in [-0.1, -0.05) is 11.6 Å². The van der Waals surface area contributed by atoms with E-state index >= 15 is 0 Å². The highest BCUT2D eigenvalue weighted by Crippen LogP contribution is 2.28. The van der Waals surface area contributed by atoms with Crippen LogP contribution in [0.25, 0.3) is 0 Å². The number of rotatable bonds is 2. The molecule has 1 aromatic heterocycles. The van der Waals surface area contributed by atoms with Crippen LogP contribution in [0.2, 0.25) is 5.15 Å². The number of alkyl halides is 2. The zero-order valence-electron chi connectivity index (χ0n) is 6.27. The Kier molecular flexibility index (Phi) is 3.11. The number of aliphatic hydroxyl groups is 1. The van der Waals surface area contributed by atoms with Crippen molar-refractivity contribution in [1.82, 2.24) is 4.98 Å². The highest BCUT2D eigenvalue weighted by atomic mass is 35.5. The van der Waals surface area contributed by atoms with Gasteiger partial charge in [-0.3, -0.25) is 0 Å². The summed E-state index contributed by atoms with van der Waals surface area (Å²) in [4.78, 5) is 3.29. The van der Waals surface area contributed by atoms with Gasteiger partial charge >= 0.3 is 0 Å². The first-order valence-electron chi connectivity index (χ1n) is 3.29. The molecule has 0 aliphatic carbocycles. The fourth-order valence-electron chi connectivity index (χ4n) is 0.875. The van der Waals surface area contributed by atoms with Gasteiger partial charge in [0.05, 0.1) is 12.2 Å². The molecule has 13 heavy (non-hydrogen) atoms. The standard InChI is InChI=1S/C7H5ClF3NO/c8-6-5(9)4(7(10)11)3(2-13)1-12-6/h1,7,13H,2H2. The molecule has 1 aromatic rings. The first-order chi connectivity index (χ1) is 6.07. The normalized spacial score (nSPS) is 10.9. The molecule has 0 saturated carbocycles. The number of hydrogen-bond donors (Lipinski definition) is 1. The van der Waals surface area contributed by atoms with Crippen LogP contribution in [0.5, 0.6) is 0 Å². The average Bonchev–Trinajstić information content (AvgIpc) is 2.08. The molecular weight excluding hydrogens is 207 g/mol. The molecule has 72 valence electrons. The van der Waals surface area contributed by atoms with E-state index in [0.717, 1.165) is 6.20 Å². The molecule has 0 amide bonds. The van der Waals surface area contributed by atoms with Gasteiger partial charge < -0.3 is 5.11 Å². The van der Waals surface area contributed by atoms with E-state index in [9.17, 15) is 13.2 Å². The molecule has 0 aromatic carbocycles. The molecule has 0 aliphatic rings. The predicted molar refractivity (Wildman–Crippen MR) is 40.1 cm³/mol. The SMILES string of the molecule is OCc1cnc(Cl)c(F)c1C(F)F. The third-order valence-corrected chi connectivity index (χ3v) is 1.75. The smallest absolute Gasteiger partial charge is 0.267 e. The van der Waals surface area contributed by atoms with Crippen LogP contribution in [0.15, 0.2) is 6.20 Å². The van der Waals surface area contributed by atoms with Crippen molar-refractivity contribution in [3.05, 3.63) is 28.3 Å². The van der Waals surface area contributed by atoms with Crippen molar-refractivity contribution < 1.29 is 18.3 Å². The summed E-state index contributed by atoms with van der Waals surface area (Å²) in [6, 6.07) is 0. The molecule has 1 heterocycles. The Bertz CT molecular complexity index is 319. The third-order valence-electron chi connectivity index (χ3n) is 1.49. The molecule has 0 unspecified atom stereocenters. The molecule has 0 fully saturated rings. The number of aliphatic hydroxyl groups excluding tert-OH is 1. The van der Waals surface area contributed by atoms with Crippen molar-refractivity contribution in [1.29, 1.82) is 0 Å². The number of nitrogens with zero attached hydrogens (tertiary/aromatic N) is 1. The first-order valence-corrected chi connectivity index (χ1v) is 3.67. The largest absolute Gasteiger partial charge is 0.392 e. The van der Waals surface area contributed by atoms with E-state index < -0.39 is 29.6 Å². The maximum absolute atomic E-state index is 12.9. The fraction of sp³-hybridized carbons (Fsp3) is 0.286. The predicted octanol–water partition coefficient (Wildman–Crippen LogP) is 2.30. The lowest BCUT2D eigenvalue weighted by atomic mass is 10.1. The third kappa shape index (κ3) is 1.92. The van der Waals surface area contributed by atoms with Gasteiger partial charge in [0, 0.05) is 11.8 Å². The van der Waals surface area contributed by atoms with Gasteiger partial charge in [0.2, 0.25) is 0 Å². The van der Waals surface area contributed by atoms with E-state index in [-0.39, 0.29) is 5.56 Å². The van der Waals surface area contributed by atoms with E-state index in [1.54, 1.807) is 0 Å². The number of aromatic nitrogens is 1. The monoisotopic (exact) mass is 211 g/mol. The fourth-order valence-corrected chi connectivity index (χ4v) is 1.03. The van der Waals surface area contributed by atoms with Crippen LogP contribution >= 0.6 is 11.6 Å². The molecule has 0 radical (unpaired) electrons. The van der Waals surface area contributed by atoms with Crippen LogP contribution in [0.1, 0.15) is 17.6 Å². The van der Waals surface area contributed by atoms with E-state index in [4.69, 9.17) is 16.7 Å². The van der Waals surface area contributed by atoms with Crippen LogP contribution < -0.4 is 0 Å². The van der Waals surface area contributed by atoms with E-state index in [0.29, 0.717) is 0 Å². The lowest BCUT2D eigenvalue weighted by Crippen LogP contribution is -2.01. The van der Waals surface area contributed by atoms with Crippen LogP contribution in [0, 0.1) is 5.82 Å². The highest BCUT2D eigenvalue weighted by molar-refractivity contribution is 6.29. The quantitative estimate of drug-likeness (QED) is 0.762. The number of pyridine rings is 1. The minimum absolute atomic E-state index is 0.253. The summed E-state index contributed by atoms with van der Waals surface area (Å²) in [5.74, 6) is -1.27. The van der Waals surface area contributed by atoms with Crippen molar-refractivity contribution in [2.24, 2.45) is 0 Å². The van der Waals surface area contributed by atoms with Crippen LogP contribution in [-0.4, -0.2) is 10.1 Å². The second-order valence-electron chi connectivity index (χ2n) is 2.26. The van der Waals surface area contributed by atoms with Crippen LogP contribution in [-0.2, 0) is 6.61 Å². The summed E-state index contributed by atoms with van der Waals surface area (Å²) < 4.78 is 37.4.